The Morgan fingerprint density at radius 3 is 2.97 bits per heavy atom. The number of rotatable bonds is 6. The van der Waals surface area contributed by atoms with Crippen LogP contribution in [0.2, 0.25) is 0 Å². The molecule has 0 atom stereocenters. The molecule has 1 aliphatic carbocycles. The van der Waals surface area contributed by atoms with Crippen molar-refractivity contribution in [2.24, 2.45) is 0 Å². The van der Waals surface area contributed by atoms with Crippen LogP contribution in [0.3, 0.4) is 0 Å². The fourth-order valence-corrected chi connectivity index (χ4v) is 5.78. The van der Waals surface area contributed by atoms with Crippen LogP contribution in [0.15, 0.2) is 23.0 Å². The monoisotopic (exact) mass is 427 g/mol. The van der Waals surface area contributed by atoms with E-state index in [0.717, 1.165) is 46.3 Å². The molecule has 29 heavy (non-hydrogen) atoms. The lowest BCUT2D eigenvalue weighted by Gasteiger charge is -2.09. The third kappa shape index (κ3) is 4.56. The minimum atomic E-state index is -0.0161. The lowest BCUT2D eigenvalue weighted by atomic mass is 9.97. The second kappa shape index (κ2) is 8.71. The van der Waals surface area contributed by atoms with Crippen molar-refractivity contribution in [3.8, 4) is 0 Å². The highest BCUT2D eigenvalue weighted by molar-refractivity contribution is 7.98. The van der Waals surface area contributed by atoms with E-state index in [0.29, 0.717) is 23.8 Å². The van der Waals surface area contributed by atoms with Crippen molar-refractivity contribution < 1.29 is 4.79 Å². The quantitative estimate of drug-likeness (QED) is 0.557. The minimum absolute atomic E-state index is 0.00837. The Morgan fingerprint density at radius 1 is 1.28 bits per heavy atom. The number of carbonyl (C=O) groups excluding carboxylic acids is 1. The van der Waals surface area contributed by atoms with Gasteiger partial charge < -0.3 is 10.3 Å². The van der Waals surface area contributed by atoms with E-state index in [2.05, 4.69) is 15.3 Å². The standard InChI is InChI=1S/C22H25N3O2S2/c1-13-7-8-14(2)16(11-13)23-19(26)9-10-28-12-18-24-21(27)20-15-5-3-4-6-17(15)29-22(20)25-18/h7-8,11H,3-6,9-10,12H2,1-2H3,(H,23,26)(H,24,25,27). The van der Waals surface area contributed by atoms with Gasteiger partial charge in [-0.2, -0.15) is 11.8 Å². The van der Waals surface area contributed by atoms with E-state index in [1.165, 1.54) is 16.9 Å². The molecule has 2 aromatic heterocycles. The van der Waals surface area contributed by atoms with Crippen molar-refractivity contribution in [2.45, 2.75) is 51.7 Å². The highest BCUT2D eigenvalue weighted by Gasteiger charge is 2.19. The van der Waals surface area contributed by atoms with E-state index >= 15 is 0 Å². The van der Waals surface area contributed by atoms with Gasteiger partial charge in [0, 0.05) is 22.7 Å². The lowest BCUT2D eigenvalue weighted by molar-refractivity contribution is -0.115. The molecule has 0 bridgehead atoms. The van der Waals surface area contributed by atoms with E-state index in [1.54, 1.807) is 23.1 Å². The number of thiophene rings is 1. The second-order valence-corrected chi connectivity index (χ2v) is 9.76. The number of aryl methyl sites for hydroxylation is 4. The fraction of sp³-hybridized carbons (Fsp3) is 0.409. The summed E-state index contributed by atoms with van der Waals surface area (Å²) < 4.78 is 0. The van der Waals surface area contributed by atoms with Gasteiger partial charge in [0.05, 0.1) is 11.1 Å². The molecule has 0 saturated carbocycles. The maximum absolute atomic E-state index is 12.6. The van der Waals surface area contributed by atoms with Gasteiger partial charge in [-0.3, -0.25) is 9.59 Å². The third-order valence-corrected chi connectivity index (χ3v) is 7.41. The van der Waals surface area contributed by atoms with Crippen molar-refractivity contribution in [3.63, 3.8) is 0 Å². The van der Waals surface area contributed by atoms with Crippen LogP contribution < -0.4 is 10.9 Å². The van der Waals surface area contributed by atoms with E-state index in [4.69, 9.17) is 0 Å². The molecule has 0 fully saturated rings. The van der Waals surface area contributed by atoms with E-state index in [9.17, 15) is 9.59 Å². The Balaban J connectivity index is 1.33. The molecule has 152 valence electrons. The Labute approximate surface area is 178 Å². The predicted molar refractivity (Wildman–Crippen MR) is 122 cm³/mol. The number of nitrogens with zero attached hydrogens (tertiary/aromatic N) is 1. The number of hydrogen-bond acceptors (Lipinski definition) is 5. The number of aromatic amines is 1. The minimum Gasteiger partial charge on any atom is -0.326 e. The van der Waals surface area contributed by atoms with Crippen LogP contribution in [0.5, 0.6) is 0 Å². The summed E-state index contributed by atoms with van der Waals surface area (Å²) in [6.45, 7) is 4.00. The molecule has 2 heterocycles. The number of thioether (sulfide) groups is 1. The molecule has 2 N–H and O–H groups in total. The summed E-state index contributed by atoms with van der Waals surface area (Å²) in [5, 5.41) is 3.78. The van der Waals surface area contributed by atoms with Crippen LogP contribution in [-0.2, 0) is 23.4 Å². The molecule has 7 heteroatoms. The number of amides is 1. The summed E-state index contributed by atoms with van der Waals surface area (Å²) in [6.07, 6.45) is 4.83. The number of anilines is 1. The first-order chi connectivity index (χ1) is 14.0. The summed E-state index contributed by atoms with van der Waals surface area (Å²) in [6, 6.07) is 6.04. The molecule has 0 spiro atoms. The van der Waals surface area contributed by atoms with Gasteiger partial charge in [0.1, 0.15) is 10.7 Å². The Morgan fingerprint density at radius 2 is 2.10 bits per heavy atom. The van der Waals surface area contributed by atoms with Gasteiger partial charge in [-0.05, 0) is 62.3 Å². The van der Waals surface area contributed by atoms with Crippen LogP contribution in [0, 0.1) is 13.8 Å². The maximum atomic E-state index is 12.6. The topological polar surface area (TPSA) is 74.8 Å². The van der Waals surface area contributed by atoms with E-state index in [-0.39, 0.29) is 11.5 Å². The summed E-state index contributed by atoms with van der Waals surface area (Å²) in [5.74, 6) is 1.99. The average molecular weight is 428 g/mol. The Hall–Kier alpha value is -2.12. The Kier molecular flexibility index (Phi) is 6.06. The van der Waals surface area contributed by atoms with Gasteiger partial charge in [-0.15, -0.1) is 11.3 Å². The van der Waals surface area contributed by atoms with Crippen molar-refractivity contribution >= 4 is 44.9 Å². The van der Waals surface area contributed by atoms with Crippen LogP contribution >= 0.6 is 23.1 Å². The number of H-pyrrole nitrogens is 1. The fourth-order valence-electron chi connectivity index (χ4n) is 3.69. The molecule has 5 nitrogen and oxygen atoms in total. The molecular formula is C22H25N3O2S2. The molecule has 0 aliphatic heterocycles. The van der Waals surface area contributed by atoms with Crippen molar-refractivity contribution in [1.29, 1.82) is 0 Å². The van der Waals surface area contributed by atoms with Gasteiger partial charge in [0.25, 0.3) is 5.56 Å². The van der Waals surface area contributed by atoms with Gasteiger partial charge in [0.2, 0.25) is 5.91 Å². The highest BCUT2D eigenvalue weighted by Crippen LogP contribution is 2.33. The zero-order valence-electron chi connectivity index (χ0n) is 16.8. The first-order valence-electron chi connectivity index (χ1n) is 9.99. The van der Waals surface area contributed by atoms with Crippen molar-refractivity contribution in [2.75, 3.05) is 11.1 Å². The molecular weight excluding hydrogens is 402 g/mol. The number of fused-ring (bicyclic) bond motifs is 3. The second-order valence-electron chi connectivity index (χ2n) is 7.57. The summed E-state index contributed by atoms with van der Waals surface area (Å²) in [7, 11) is 0. The van der Waals surface area contributed by atoms with Gasteiger partial charge in [-0.25, -0.2) is 4.98 Å². The summed E-state index contributed by atoms with van der Waals surface area (Å²) >= 11 is 3.29. The largest absolute Gasteiger partial charge is 0.326 e. The van der Waals surface area contributed by atoms with Crippen LogP contribution in [-0.4, -0.2) is 21.6 Å². The SMILES string of the molecule is Cc1ccc(C)c(NC(=O)CCSCc2nc3sc4c(c3c(=O)[nH]2)CCCC4)c1. The molecule has 0 saturated heterocycles. The van der Waals surface area contributed by atoms with Crippen LogP contribution in [0.1, 0.15) is 46.7 Å². The molecule has 0 radical (unpaired) electrons. The number of benzene rings is 1. The van der Waals surface area contributed by atoms with Gasteiger partial charge in [-0.1, -0.05) is 12.1 Å². The molecule has 1 aliphatic rings. The number of nitrogens with one attached hydrogen (secondary N) is 2. The third-order valence-electron chi connectivity index (χ3n) is 5.25. The highest BCUT2D eigenvalue weighted by atomic mass is 32.2. The number of hydrogen-bond donors (Lipinski definition) is 2. The molecule has 0 unspecified atom stereocenters. The molecule has 4 rings (SSSR count). The summed E-state index contributed by atoms with van der Waals surface area (Å²) in [4.78, 5) is 34.6. The lowest BCUT2D eigenvalue weighted by Crippen LogP contribution is -2.14. The number of carbonyl (C=O) groups is 1. The van der Waals surface area contributed by atoms with Gasteiger partial charge >= 0.3 is 0 Å². The van der Waals surface area contributed by atoms with Gasteiger partial charge in [0.15, 0.2) is 0 Å². The van der Waals surface area contributed by atoms with Crippen molar-refractivity contribution in [1.82, 2.24) is 9.97 Å². The molecule has 1 amide bonds. The smallest absolute Gasteiger partial charge is 0.259 e. The zero-order chi connectivity index (χ0) is 20.4. The first kappa shape index (κ1) is 20.2. The van der Waals surface area contributed by atoms with E-state index < -0.39 is 0 Å². The Bertz CT molecular complexity index is 1120. The molecule has 1 aromatic carbocycles. The van der Waals surface area contributed by atoms with Crippen LogP contribution in [0.4, 0.5) is 5.69 Å². The first-order valence-corrected chi connectivity index (χ1v) is 12.0. The average Bonchev–Trinajstić information content (AvgIpc) is 3.07. The zero-order valence-corrected chi connectivity index (χ0v) is 18.4. The number of aromatic nitrogens is 2. The van der Waals surface area contributed by atoms with Crippen LogP contribution in [0.25, 0.3) is 10.2 Å². The maximum Gasteiger partial charge on any atom is 0.259 e. The molecule has 3 aromatic rings. The predicted octanol–water partition coefficient (Wildman–Crippen LogP) is 4.74. The normalized spacial score (nSPS) is 13.4. The summed E-state index contributed by atoms with van der Waals surface area (Å²) in [5.41, 5.74) is 4.26. The van der Waals surface area contributed by atoms with E-state index in [1.807, 2.05) is 32.0 Å². The van der Waals surface area contributed by atoms with Crippen molar-refractivity contribution in [3.05, 3.63) is 55.9 Å².